The fourth-order valence-corrected chi connectivity index (χ4v) is 9.40. The third-order valence-electron chi connectivity index (χ3n) is 12.4. The van der Waals surface area contributed by atoms with E-state index in [9.17, 15) is 0 Å². The average Bonchev–Trinajstić information content (AvgIpc) is 3.27. The molecule has 356 valence electrons. The Bertz CT molecular complexity index is 1290. The minimum absolute atomic E-state index is 0. The van der Waals surface area contributed by atoms with Gasteiger partial charge in [-0.05, 0) is 85.8 Å². The van der Waals surface area contributed by atoms with Crippen molar-refractivity contribution < 1.29 is 19.5 Å². The smallest absolute Gasteiger partial charge is 0.659 e. The molecule has 0 radical (unpaired) electrons. The molecule has 63 heavy (non-hydrogen) atoms. The Labute approximate surface area is 437 Å². The Morgan fingerprint density at radius 1 is 0.381 bits per heavy atom. The molecule has 0 amide bonds. The number of hydrogen-bond donors (Lipinski definition) is 2. The van der Waals surface area contributed by atoms with Crippen molar-refractivity contribution in [2.75, 3.05) is 8.61 Å². The summed E-state index contributed by atoms with van der Waals surface area (Å²) in [5.74, 6) is 0. The first kappa shape index (κ1) is 63.2. The van der Waals surface area contributed by atoms with Gasteiger partial charge < -0.3 is 34.2 Å². The molecule has 0 heterocycles. The van der Waals surface area contributed by atoms with Crippen LogP contribution in [0.5, 0.6) is 0 Å². The molecule has 2 aromatic rings. The summed E-state index contributed by atoms with van der Waals surface area (Å²) in [6.45, 7) is 9.12. The second-order valence-corrected chi connectivity index (χ2v) is 20.8. The zero-order chi connectivity index (χ0) is 45.5. The first-order valence-electron chi connectivity index (χ1n) is 25.8. The molecule has 0 atom stereocenters. The summed E-state index contributed by atoms with van der Waals surface area (Å²) in [6, 6.07) is 13.1. The molecule has 2 rings (SSSR count). The Balaban J connectivity index is 0.00000120. The minimum Gasteiger partial charge on any atom is -0.659 e. The van der Waals surface area contributed by atoms with E-state index in [1.165, 1.54) is 228 Å². The van der Waals surface area contributed by atoms with Crippen molar-refractivity contribution in [2.24, 2.45) is 0 Å². The minimum atomic E-state index is 0. The Kier molecular flexibility index (Phi) is 44.9. The van der Waals surface area contributed by atoms with Gasteiger partial charge in [-0.1, -0.05) is 256 Å². The summed E-state index contributed by atoms with van der Waals surface area (Å²) < 4.78 is 4.26. The first-order valence-corrected chi connectivity index (χ1v) is 28.3. The van der Waals surface area contributed by atoms with E-state index in [2.05, 4.69) is 89.4 Å². The van der Waals surface area contributed by atoms with E-state index in [1.54, 1.807) is 8.61 Å². The number of nitrogens with zero attached hydrogens (tertiary/aromatic N) is 2. The number of unbranched alkanes of at least 4 members (excludes halogenated alkanes) is 28. The Morgan fingerprint density at radius 3 is 0.841 bits per heavy atom. The quantitative estimate of drug-likeness (QED) is 0.0226. The summed E-state index contributed by atoms with van der Waals surface area (Å²) in [5.41, 5.74) is 7.90. The summed E-state index contributed by atoms with van der Waals surface area (Å²) in [4.78, 5) is 0. The van der Waals surface area contributed by atoms with Crippen LogP contribution in [0, 0.1) is 0 Å². The van der Waals surface area contributed by atoms with Crippen LogP contribution in [-0.2, 0) is 70.8 Å². The molecular formula is C54H92N2S6Zn. The fourth-order valence-electron chi connectivity index (χ4n) is 8.64. The van der Waals surface area contributed by atoms with E-state index in [1.807, 2.05) is 0 Å². The van der Waals surface area contributed by atoms with Crippen LogP contribution < -0.4 is 8.61 Å². The van der Waals surface area contributed by atoms with E-state index >= 15 is 0 Å². The molecule has 0 unspecified atom stereocenters. The number of rotatable bonds is 38. The number of thiocarbonyl (C=S) groups is 2. The van der Waals surface area contributed by atoms with Gasteiger partial charge in [0.15, 0.2) is 0 Å². The third kappa shape index (κ3) is 31.8. The van der Waals surface area contributed by atoms with Crippen molar-refractivity contribution >= 4 is 95.3 Å². The van der Waals surface area contributed by atoms with Crippen molar-refractivity contribution in [3.63, 3.8) is 0 Å². The van der Waals surface area contributed by atoms with E-state index in [-0.39, 0.29) is 19.5 Å². The van der Waals surface area contributed by atoms with Gasteiger partial charge in [-0.25, -0.2) is 0 Å². The van der Waals surface area contributed by atoms with Crippen molar-refractivity contribution in [1.82, 2.24) is 0 Å². The van der Waals surface area contributed by atoms with E-state index in [0.717, 1.165) is 37.1 Å². The predicted octanol–water partition coefficient (Wildman–Crippen LogP) is 19.1. The SMILES string of the molecule is CCCCCCCCCCc1cccc(N([S-])C(=S)S)c1CCCCCCCCCC.CCCCCCCCCCc1cccc(N([S-])C(=S)S)c1CCCCCCCCCC.[Zn+2]. The molecular weight excluding hydrogens is 934 g/mol. The van der Waals surface area contributed by atoms with Gasteiger partial charge in [0, 0.05) is 11.4 Å². The molecule has 0 saturated heterocycles. The van der Waals surface area contributed by atoms with E-state index < -0.39 is 0 Å². The van der Waals surface area contributed by atoms with Crippen LogP contribution in [0.3, 0.4) is 0 Å². The summed E-state index contributed by atoms with van der Waals surface area (Å²) in [7, 11) is 0. The molecule has 0 aromatic heterocycles. The molecule has 0 aliphatic rings. The zero-order valence-electron chi connectivity index (χ0n) is 41.0. The van der Waals surface area contributed by atoms with Gasteiger partial charge in [0.05, 0.1) is 0 Å². The van der Waals surface area contributed by atoms with Crippen LogP contribution in [0.4, 0.5) is 11.4 Å². The zero-order valence-corrected chi connectivity index (χ0v) is 49.1. The second-order valence-electron chi connectivity index (χ2n) is 17.9. The van der Waals surface area contributed by atoms with Gasteiger partial charge in [-0.3, -0.25) is 0 Å². The third-order valence-corrected chi connectivity index (χ3v) is 14.5. The van der Waals surface area contributed by atoms with Crippen LogP contribution in [-0.4, -0.2) is 8.64 Å². The first-order chi connectivity index (χ1) is 30.2. The van der Waals surface area contributed by atoms with Crippen molar-refractivity contribution in [2.45, 2.75) is 259 Å². The van der Waals surface area contributed by atoms with Crippen LogP contribution in [0.25, 0.3) is 0 Å². The summed E-state index contributed by atoms with van der Waals surface area (Å²) in [5, 5.41) is 0. The number of anilines is 2. The Hall–Kier alpha value is 0.243. The van der Waals surface area contributed by atoms with Gasteiger partial charge in [-0.2, -0.15) is 0 Å². The molecule has 0 aliphatic heterocycles. The number of hydrogen-bond acceptors (Lipinski definition) is 4. The maximum atomic E-state index is 5.56. The monoisotopic (exact) mass is 1020 g/mol. The van der Waals surface area contributed by atoms with Crippen molar-refractivity contribution in [3.05, 3.63) is 58.7 Å². The predicted molar refractivity (Wildman–Crippen MR) is 301 cm³/mol. The normalized spacial score (nSPS) is 10.9. The van der Waals surface area contributed by atoms with E-state index in [4.69, 9.17) is 50.1 Å². The second kappa shape index (κ2) is 44.7. The number of benzene rings is 2. The van der Waals surface area contributed by atoms with Crippen molar-refractivity contribution in [3.8, 4) is 0 Å². The maximum Gasteiger partial charge on any atom is 2.00 e. The largest absolute Gasteiger partial charge is 2.00 e. The van der Waals surface area contributed by atoms with E-state index in [0.29, 0.717) is 8.64 Å². The van der Waals surface area contributed by atoms with Crippen LogP contribution in [0.2, 0.25) is 0 Å². The van der Waals surface area contributed by atoms with Crippen LogP contribution in [0.15, 0.2) is 36.4 Å². The van der Waals surface area contributed by atoms with Gasteiger partial charge in [-0.15, -0.1) is 25.3 Å². The van der Waals surface area contributed by atoms with Gasteiger partial charge in [0.2, 0.25) is 0 Å². The molecule has 0 fully saturated rings. The van der Waals surface area contributed by atoms with Gasteiger partial charge in [0.25, 0.3) is 0 Å². The van der Waals surface area contributed by atoms with Gasteiger partial charge >= 0.3 is 19.5 Å². The molecule has 0 N–H and O–H groups in total. The fraction of sp³-hybridized carbons (Fsp3) is 0.741. The van der Waals surface area contributed by atoms with Crippen molar-refractivity contribution in [1.29, 1.82) is 0 Å². The maximum absolute atomic E-state index is 5.56. The van der Waals surface area contributed by atoms with Crippen LogP contribution >= 0.6 is 49.7 Å². The molecule has 9 heteroatoms. The van der Waals surface area contributed by atoms with Crippen LogP contribution in [0.1, 0.15) is 255 Å². The Morgan fingerprint density at radius 2 is 0.603 bits per heavy atom. The standard InChI is InChI=1S/2C27H46NS3.Zn/c2*1-3-5-7-9-11-13-15-17-20-24-21-19-23-26(28(31)27(29)30)25(24)22-18-16-14-12-10-8-6-4-2;/h2*19,21,23H,3-18,20,22H2,1-2H3,(H,29,30);/q2*-1;+2. The summed E-state index contributed by atoms with van der Waals surface area (Å²) >= 11 is 30.3. The van der Waals surface area contributed by atoms with Gasteiger partial charge in [0.1, 0.15) is 8.64 Å². The summed E-state index contributed by atoms with van der Waals surface area (Å²) in [6.07, 6.45) is 47.7. The average molecular weight is 1030 g/mol. The molecule has 2 aromatic carbocycles. The topological polar surface area (TPSA) is 6.48 Å². The molecule has 0 spiro atoms. The molecule has 2 nitrogen and oxygen atoms in total. The molecule has 0 aliphatic carbocycles. The number of aryl methyl sites for hydroxylation is 2. The number of thiol groups is 2. The molecule has 0 bridgehead atoms. The molecule has 0 saturated carbocycles.